The summed E-state index contributed by atoms with van der Waals surface area (Å²) in [5, 5.41) is 8.82. The van der Waals surface area contributed by atoms with Gasteiger partial charge in [0.1, 0.15) is 6.29 Å². The molecule has 1 saturated heterocycles. The van der Waals surface area contributed by atoms with E-state index in [9.17, 15) is 13.2 Å². The molecule has 0 atom stereocenters. The molecule has 20 heavy (non-hydrogen) atoms. The van der Waals surface area contributed by atoms with Crippen molar-refractivity contribution in [2.45, 2.75) is 18.6 Å². The Morgan fingerprint density at radius 3 is 2.65 bits per heavy atom. The van der Waals surface area contributed by atoms with Gasteiger partial charge in [0.15, 0.2) is 0 Å². The lowest BCUT2D eigenvalue weighted by Crippen LogP contribution is -2.39. The Morgan fingerprint density at radius 1 is 1.35 bits per heavy atom. The molecule has 1 aromatic carbocycles. The molecule has 1 aliphatic heterocycles. The number of piperidine rings is 1. The van der Waals surface area contributed by atoms with Crippen molar-refractivity contribution in [3.05, 3.63) is 35.4 Å². The molecule has 1 aromatic rings. The minimum absolute atomic E-state index is 0.0247. The zero-order valence-corrected chi connectivity index (χ0v) is 11.8. The first-order valence-corrected chi connectivity index (χ1v) is 8.08. The predicted molar refractivity (Wildman–Crippen MR) is 74.1 cm³/mol. The Morgan fingerprint density at radius 2 is 2.05 bits per heavy atom. The lowest BCUT2D eigenvalue weighted by molar-refractivity contribution is -0.112. The summed E-state index contributed by atoms with van der Waals surface area (Å²) in [6, 6.07) is 8.62. The summed E-state index contributed by atoms with van der Waals surface area (Å²) >= 11 is 0. The number of sulfonamides is 1. The van der Waals surface area contributed by atoms with Gasteiger partial charge in [0.2, 0.25) is 10.0 Å². The molecule has 5 nitrogen and oxygen atoms in total. The Labute approximate surface area is 118 Å². The van der Waals surface area contributed by atoms with E-state index in [-0.39, 0.29) is 11.7 Å². The highest BCUT2D eigenvalue weighted by atomic mass is 32.2. The van der Waals surface area contributed by atoms with Crippen LogP contribution in [-0.4, -0.2) is 32.1 Å². The highest BCUT2D eigenvalue weighted by Crippen LogP contribution is 2.20. The van der Waals surface area contributed by atoms with Crippen molar-refractivity contribution >= 4 is 16.3 Å². The molecule has 0 radical (unpaired) electrons. The van der Waals surface area contributed by atoms with E-state index in [4.69, 9.17) is 5.26 Å². The molecule has 0 saturated carbocycles. The van der Waals surface area contributed by atoms with Crippen LogP contribution in [0.1, 0.15) is 24.0 Å². The third-order valence-corrected chi connectivity index (χ3v) is 5.34. The monoisotopic (exact) mass is 292 g/mol. The average molecular weight is 292 g/mol. The first kappa shape index (κ1) is 14.7. The molecule has 1 heterocycles. The van der Waals surface area contributed by atoms with Gasteiger partial charge in [-0.25, -0.2) is 12.7 Å². The first-order valence-electron chi connectivity index (χ1n) is 6.47. The van der Waals surface area contributed by atoms with Crippen LogP contribution in [0.2, 0.25) is 0 Å². The van der Waals surface area contributed by atoms with E-state index < -0.39 is 10.0 Å². The molecule has 0 aromatic heterocycles. The van der Waals surface area contributed by atoms with E-state index in [1.807, 2.05) is 6.07 Å². The highest BCUT2D eigenvalue weighted by Gasteiger charge is 2.27. The van der Waals surface area contributed by atoms with E-state index in [2.05, 4.69) is 0 Å². The van der Waals surface area contributed by atoms with E-state index in [0.29, 0.717) is 37.1 Å². The normalized spacial score (nSPS) is 17.6. The topological polar surface area (TPSA) is 78.2 Å². The number of carbonyl (C=O) groups excluding carboxylic acids is 1. The summed E-state index contributed by atoms with van der Waals surface area (Å²) < 4.78 is 26.0. The number of rotatable bonds is 4. The number of nitriles is 1. The van der Waals surface area contributed by atoms with Gasteiger partial charge in [0.25, 0.3) is 0 Å². The molecule has 6 heteroatoms. The first-order chi connectivity index (χ1) is 9.55. The summed E-state index contributed by atoms with van der Waals surface area (Å²) in [5.41, 5.74) is 1.07. The van der Waals surface area contributed by atoms with Gasteiger partial charge in [-0.1, -0.05) is 12.1 Å². The minimum atomic E-state index is -3.39. The average Bonchev–Trinajstić information content (AvgIpc) is 2.47. The zero-order valence-electron chi connectivity index (χ0n) is 11.0. The fourth-order valence-electron chi connectivity index (χ4n) is 2.32. The Balaban J connectivity index is 2.08. The molecule has 0 aliphatic carbocycles. The second-order valence-electron chi connectivity index (χ2n) is 4.94. The number of carbonyl (C=O) groups is 1. The summed E-state index contributed by atoms with van der Waals surface area (Å²) in [4.78, 5) is 10.7. The maximum absolute atomic E-state index is 12.3. The van der Waals surface area contributed by atoms with Crippen LogP contribution in [0, 0.1) is 17.2 Å². The van der Waals surface area contributed by atoms with Crippen molar-refractivity contribution in [1.82, 2.24) is 4.31 Å². The molecule has 0 bridgehead atoms. The molecular formula is C14H16N2O3S. The van der Waals surface area contributed by atoms with Crippen LogP contribution < -0.4 is 0 Å². The second kappa shape index (κ2) is 6.16. The van der Waals surface area contributed by atoms with Gasteiger partial charge in [0.05, 0.1) is 17.4 Å². The Hall–Kier alpha value is -1.71. The summed E-state index contributed by atoms with van der Waals surface area (Å²) in [6.07, 6.45) is 2.07. The zero-order chi connectivity index (χ0) is 14.6. The van der Waals surface area contributed by atoms with Crippen molar-refractivity contribution in [2.24, 2.45) is 5.92 Å². The van der Waals surface area contributed by atoms with E-state index in [0.717, 1.165) is 6.29 Å². The maximum atomic E-state index is 12.3. The molecule has 0 N–H and O–H groups in total. The third-order valence-electron chi connectivity index (χ3n) is 3.49. The molecule has 1 aliphatic rings. The molecular weight excluding hydrogens is 276 g/mol. The Kier molecular flexibility index (Phi) is 4.53. The van der Waals surface area contributed by atoms with Crippen LogP contribution >= 0.6 is 0 Å². The number of aldehydes is 1. The Bertz CT molecular complexity index is 626. The third kappa shape index (κ3) is 3.44. The SMILES string of the molecule is N#Cc1cccc(CS(=O)(=O)N2CCC(C=O)CC2)c1. The van der Waals surface area contributed by atoms with Gasteiger partial charge in [-0.3, -0.25) is 0 Å². The van der Waals surface area contributed by atoms with Gasteiger partial charge < -0.3 is 4.79 Å². The van der Waals surface area contributed by atoms with Crippen molar-refractivity contribution < 1.29 is 13.2 Å². The number of nitrogens with zero attached hydrogens (tertiary/aromatic N) is 2. The van der Waals surface area contributed by atoms with Gasteiger partial charge in [0, 0.05) is 19.0 Å². The van der Waals surface area contributed by atoms with E-state index in [1.165, 1.54) is 4.31 Å². The molecule has 106 valence electrons. The van der Waals surface area contributed by atoms with Crippen LogP contribution in [0.4, 0.5) is 0 Å². The molecule has 0 amide bonds. The smallest absolute Gasteiger partial charge is 0.218 e. The molecule has 0 unspecified atom stereocenters. The van der Waals surface area contributed by atoms with Crippen LogP contribution in [0.25, 0.3) is 0 Å². The van der Waals surface area contributed by atoms with E-state index in [1.54, 1.807) is 24.3 Å². The van der Waals surface area contributed by atoms with Crippen LogP contribution in [-0.2, 0) is 20.6 Å². The van der Waals surface area contributed by atoms with Crippen LogP contribution in [0.5, 0.6) is 0 Å². The fraction of sp³-hybridized carbons (Fsp3) is 0.429. The predicted octanol–water partition coefficient (Wildman–Crippen LogP) is 1.30. The van der Waals surface area contributed by atoms with Gasteiger partial charge in [-0.05, 0) is 30.5 Å². The van der Waals surface area contributed by atoms with Crippen molar-refractivity contribution in [1.29, 1.82) is 5.26 Å². The summed E-state index contributed by atoms with van der Waals surface area (Å²) in [6.45, 7) is 0.785. The summed E-state index contributed by atoms with van der Waals surface area (Å²) in [5.74, 6) is -0.128. The standard InChI is InChI=1S/C14H16N2O3S/c15-9-13-2-1-3-14(8-13)11-20(18,19)16-6-4-12(10-17)5-7-16/h1-3,8,10,12H,4-7,11H2. The lowest BCUT2D eigenvalue weighted by Gasteiger charge is -2.28. The molecule has 0 spiro atoms. The summed E-state index contributed by atoms with van der Waals surface area (Å²) in [7, 11) is -3.39. The fourth-order valence-corrected chi connectivity index (χ4v) is 3.87. The van der Waals surface area contributed by atoms with Crippen LogP contribution in [0.15, 0.2) is 24.3 Å². The highest BCUT2D eigenvalue weighted by molar-refractivity contribution is 7.88. The number of benzene rings is 1. The quantitative estimate of drug-likeness (QED) is 0.784. The van der Waals surface area contributed by atoms with Gasteiger partial charge in [-0.15, -0.1) is 0 Å². The van der Waals surface area contributed by atoms with Crippen molar-refractivity contribution in [3.63, 3.8) is 0 Å². The van der Waals surface area contributed by atoms with E-state index >= 15 is 0 Å². The van der Waals surface area contributed by atoms with Gasteiger partial charge in [-0.2, -0.15) is 5.26 Å². The lowest BCUT2D eigenvalue weighted by atomic mass is 10.0. The van der Waals surface area contributed by atoms with Crippen LogP contribution in [0.3, 0.4) is 0 Å². The molecule has 1 fully saturated rings. The largest absolute Gasteiger partial charge is 0.303 e. The number of hydrogen-bond acceptors (Lipinski definition) is 4. The van der Waals surface area contributed by atoms with Gasteiger partial charge >= 0.3 is 0 Å². The second-order valence-corrected chi connectivity index (χ2v) is 6.91. The minimum Gasteiger partial charge on any atom is -0.303 e. The van der Waals surface area contributed by atoms with Crippen molar-refractivity contribution in [3.8, 4) is 6.07 Å². The maximum Gasteiger partial charge on any atom is 0.218 e. The molecule has 2 rings (SSSR count). The number of hydrogen-bond donors (Lipinski definition) is 0. The van der Waals surface area contributed by atoms with Crippen molar-refractivity contribution in [2.75, 3.05) is 13.1 Å².